The molecule has 1 heterocycles. The quantitative estimate of drug-likeness (QED) is 0.321. The van der Waals surface area contributed by atoms with E-state index in [4.69, 9.17) is 18.0 Å². The molecule has 6 nitrogen and oxygen atoms in total. The molecular weight excluding hydrogens is 256 g/mol. The molecule has 2 rings (SSSR count). The summed E-state index contributed by atoms with van der Waals surface area (Å²) in [5.74, 6) is -2.11. The average Bonchev–Trinajstić information content (AvgIpc) is 2.69. The van der Waals surface area contributed by atoms with Crippen molar-refractivity contribution in [2.45, 2.75) is 12.0 Å². The normalized spacial score (nSPS) is 31.4. The standard InChI is InChI=1S/C11H16O6Si/c1-14-18(15-2,16-3)8-6-4-5-7-9(8)11(13)17-10(7)12/h4-5,7-9H,6H2,1-3H3. The van der Waals surface area contributed by atoms with E-state index in [1.165, 1.54) is 21.3 Å². The van der Waals surface area contributed by atoms with E-state index >= 15 is 0 Å². The van der Waals surface area contributed by atoms with E-state index < -0.39 is 32.6 Å². The molecule has 1 fully saturated rings. The van der Waals surface area contributed by atoms with Crippen LogP contribution in [0.2, 0.25) is 5.54 Å². The minimum absolute atomic E-state index is 0.286. The molecule has 1 saturated heterocycles. The molecule has 0 aromatic heterocycles. The molecule has 3 unspecified atom stereocenters. The van der Waals surface area contributed by atoms with Crippen molar-refractivity contribution >= 4 is 20.7 Å². The predicted octanol–water partition coefficient (Wildman–Crippen LogP) is 0.510. The zero-order chi connectivity index (χ0) is 13.3. The zero-order valence-electron chi connectivity index (χ0n) is 10.5. The van der Waals surface area contributed by atoms with E-state index in [9.17, 15) is 9.59 Å². The number of rotatable bonds is 4. The monoisotopic (exact) mass is 272 g/mol. The molecule has 0 amide bonds. The van der Waals surface area contributed by atoms with E-state index in [1.54, 1.807) is 6.08 Å². The highest BCUT2D eigenvalue weighted by atomic mass is 28.4. The molecule has 0 N–H and O–H groups in total. The van der Waals surface area contributed by atoms with Crippen molar-refractivity contribution in [3.63, 3.8) is 0 Å². The van der Waals surface area contributed by atoms with Gasteiger partial charge in [0, 0.05) is 26.9 Å². The van der Waals surface area contributed by atoms with Crippen LogP contribution in [-0.4, -0.2) is 42.1 Å². The third-order valence-electron chi connectivity index (χ3n) is 3.61. The van der Waals surface area contributed by atoms with Gasteiger partial charge in [-0.15, -0.1) is 0 Å². The summed E-state index contributed by atoms with van der Waals surface area (Å²) in [6.07, 6.45) is 4.14. The van der Waals surface area contributed by atoms with Gasteiger partial charge in [-0.3, -0.25) is 9.59 Å². The van der Waals surface area contributed by atoms with E-state index in [1.807, 2.05) is 6.08 Å². The molecule has 18 heavy (non-hydrogen) atoms. The molecule has 7 heteroatoms. The number of fused-ring (bicyclic) bond motifs is 1. The number of hydrogen-bond donors (Lipinski definition) is 0. The topological polar surface area (TPSA) is 71.1 Å². The Labute approximate surface area is 106 Å². The van der Waals surface area contributed by atoms with Crippen molar-refractivity contribution in [2.75, 3.05) is 21.3 Å². The first kappa shape index (κ1) is 13.4. The van der Waals surface area contributed by atoms with Crippen molar-refractivity contribution < 1.29 is 27.6 Å². The lowest BCUT2D eigenvalue weighted by molar-refractivity contribution is -0.153. The molecule has 0 aromatic carbocycles. The van der Waals surface area contributed by atoms with Crippen molar-refractivity contribution in [1.29, 1.82) is 0 Å². The van der Waals surface area contributed by atoms with Crippen LogP contribution in [0.3, 0.4) is 0 Å². The second-order valence-corrected chi connectivity index (χ2v) is 7.45. The summed E-state index contributed by atoms with van der Waals surface area (Å²) in [4.78, 5) is 23.4. The molecule has 0 bridgehead atoms. The molecule has 100 valence electrons. The molecular formula is C11H16O6Si. The Bertz CT molecular complexity index is 381. The highest BCUT2D eigenvalue weighted by Gasteiger charge is 2.60. The number of hydrogen-bond acceptors (Lipinski definition) is 6. The summed E-state index contributed by atoms with van der Waals surface area (Å²) < 4.78 is 20.9. The maximum Gasteiger partial charge on any atom is 0.504 e. The van der Waals surface area contributed by atoms with Crippen molar-refractivity contribution in [3.05, 3.63) is 12.2 Å². The Kier molecular flexibility index (Phi) is 3.67. The van der Waals surface area contributed by atoms with Gasteiger partial charge >= 0.3 is 20.7 Å². The van der Waals surface area contributed by atoms with Gasteiger partial charge in [-0.2, -0.15) is 0 Å². The SMILES string of the molecule is CO[Si](OC)(OC)C1CC=CC2C(=O)OC(=O)C21. The van der Waals surface area contributed by atoms with Gasteiger partial charge in [0.25, 0.3) is 0 Å². The molecule has 0 saturated carbocycles. The molecule has 1 aliphatic carbocycles. The van der Waals surface area contributed by atoms with Crippen LogP contribution in [0.25, 0.3) is 0 Å². The fraction of sp³-hybridized carbons (Fsp3) is 0.636. The fourth-order valence-corrected chi connectivity index (χ4v) is 5.34. The van der Waals surface area contributed by atoms with Gasteiger partial charge in [0.05, 0.1) is 11.8 Å². The first-order valence-electron chi connectivity index (χ1n) is 5.67. The maximum atomic E-state index is 11.8. The van der Waals surface area contributed by atoms with E-state index in [2.05, 4.69) is 0 Å². The zero-order valence-corrected chi connectivity index (χ0v) is 11.5. The van der Waals surface area contributed by atoms with E-state index in [0.29, 0.717) is 6.42 Å². The third kappa shape index (κ3) is 1.83. The van der Waals surface area contributed by atoms with Gasteiger partial charge in [-0.05, 0) is 6.42 Å². The molecule has 0 aromatic rings. The van der Waals surface area contributed by atoms with Gasteiger partial charge < -0.3 is 18.0 Å². The van der Waals surface area contributed by atoms with Crippen molar-refractivity contribution in [3.8, 4) is 0 Å². The number of carbonyl (C=O) groups excluding carboxylic acids is 2. The number of cyclic esters (lactones) is 2. The largest absolute Gasteiger partial charge is 0.504 e. The number of allylic oxidation sites excluding steroid dienone is 1. The molecule has 0 spiro atoms. The minimum atomic E-state index is -2.98. The van der Waals surface area contributed by atoms with Crippen LogP contribution < -0.4 is 0 Å². The Morgan fingerprint density at radius 2 is 1.78 bits per heavy atom. The highest BCUT2D eigenvalue weighted by molar-refractivity contribution is 6.62. The smallest absolute Gasteiger partial charge is 0.392 e. The van der Waals surface area contributed by atoms with Crippen LogP contribution >= 0.6 is 0 Å². The van der Waals surface area contributed by atoms with Gasteiger partial charge in [0.1, 0.15) is 0 Å². The van der Waals surface area contributed by atoms with Gasteiger partial charge in [-0.25, -0.2) is 0 Å². The van der Waals surface area contributed by atoms with E-state index in [0.717, 1.165) is 0 Å². The molecule has 2 aliphatic rings. The van der Waals surface area contributed by atoms with Gasteiger partial charge in [0.2, 0.25) is 0 Å². The van der Waals surface area contributed by atoms with Gasteiger partial charge in [-0.1, -0.05) is 12.2 Å². The summed E-state index contributed by atoms with van der Waals surface area (Å²) in [6.45, 7) is 0. The average molecular weight is 272 g/mol. The second-order valence-electron chi connectivity index (χ2n) is 4.28. The molecule has 0 radical (unpaired) electrons. The summed E-state index contributed by atoms with van der Waals surface area (Å²) >= 11 is 0. The summed E-state index contributed by atoms with van der Waals surface area (Å²) in [5.41, 5.74) is -0.286. The molecule has 3 atom stereocenters. The first-order chi connectivity index (χ1) is 8.59. The Balaban J connectivity index is 2.36. The number of carbonyl (C=O) groups is 2. The number of esters is 2. The van der Waals surface area contributed by atoms with E-state index in [-0.39, 0.29) is 5.54 Å². The van der Waals surface area contributed by atoms with Crippen LogP contribution in [0.15, 0.2) is 12.2 Å². The van der Waals surface area contributed by atoms with Crippen molar-refractivity contribution in [1.82, 2.24) is 0 Å². The van der Waals surface area contributed by atoms with Crippen LogP contribution in [0.4, 0.5) is 0 Å². The third-order valence-corrected chi connectivity index (χ3v) is 6.82. The predicted molar refractivity (Wildman–Crippen MR) is 62.4 cm³/mol. The molecule has 1 aliphatic heterocycles. The van der Waals surface area contributed by atoms with Crippen LogP contribution in [-0.2, 0) is 27.6 Å². The maximum absolute atomic E-state index is 11.8. The summed E-state index contributed by atoms with van der Waals surface area (Å²) in [6, 6.07) is 0. The Morgan fingerprint density at radius 3 is 2.33 bits per heavy atom. The summed E-state index contributed by atoms with van der Waals surface area (Å²) in [7, 11) is 1.51. The van der Waals surface area contributed by atoms with Crippen LogP contribution in [0, 0.1) is 11.8 Å². The van der Waals surface area contributed by atoms with Crippen molar-refractivity contribution in [2.24, 2.45) is 11.8 Å². The first-order valence-corrected chi connectivity index (χ1v) is 7.47. The lowest BCUT2D eigenvalue weighted by Crippen LogP contribution is -2.52. The minimum Gasteiger partial charge on any atom is -0.392 e. The Morgan fingerprint density at radius 1 is 1.17 bits per heavy atom. The number of ether oxygens (including phenoxy) is 1. The second kappa shape index (κ2) is 4.92. The van der Waals surface area contributed by atoms with Gasteiger partial charge in [0.15, 0.2) is 0 Å². The summed E-state index contributed by atoms with van der Waals surface area (Å²) in [5, 5.41) is 0. The van der Waals surface area contributed by atoms with Crippen LogP contribution in [0.5, 0.6) is 0 Å². The lowest BCUT2D eigenvalue weighted by Gasteiger charge is -2.36. The highest BCUT2D eigenvalue weighted by Crippen LogP contribution is 2.46. The lowest BCUT2D eigenvalue weighted by atomic mass is 9.85. The van der Waals surface area contributed by atoms with Crippen LogP contribution in [0.1, 0.15) is 6.42 Å². The Hall–Kier alpha value is -1.02. The fourth-order valence-electron chi connectivity index (χ4n) is 2.73.